The lowest BCUT2D eigenvalue weighted by atomic mass is 9.83. The van der Waals surface area contributed by atoms with Crippen LogP contribution >= 0.6 is 0 Å². The number of rotatable bonds is 6. The Kier molecular flexibility index (Phi) is 6.62. The van der Waals surface area contributed by atoms with E-state index in [1.807, 2.05) is 51.1 Å². The molecule has 2 atom stereocenters. The molecule has 0 bridgehead atoms. The molecule has 6 nitrogen and oxygen atoms in total. The second kappa shape index (κ2) is 9.06. The van der Waals surface area contributed by atoms with Gasteiger partial charge in [0.05, 0.1) is 19.0 Å². The largest absolute Gasteiger partial charge is 0.350 e. The Morgan fingerprint density at radius 1 is 1.22 bits per heavy atom. The molecule has 170 valence electrons. The Balaban J connectivity index is 1.81. The molecule has 0 aromatic heterocycles. The number of guanidine groups is 1. The highest BCUT2D eigenvalue weighted by Gasteiger charge is 2.40. The van der Waals surface area contributed by atoms with Crippen LogP contribution in [0.15, 0.2) is 42.5 Å². The summed E-state index contributed by atoms with van der Waals surface area (Å²) in [6.45, 7) is 7.17. The topological polar surface area (TPSA) is 85.3 Å². The molecule has 0 unspecified atom stereocenters. The summed E-state index contributed by atoms with van der Waals surface area (Å²) in [5, 5.41) is 14.0. The van der Waals surface area contributed by atoms with Crippen molar-refractivity contribution in [1.82, 2.24) is 15.5 Å². The van der Waals surface area contributed by atoms with Crippen LogP contribution < -0.4 is 10.6 Å². The highest BCUT2D eigenvalue weighted by Crippen LogP contribution is 2.27. The summed E-state index contributed by atoms with van der Waals surface area (Å²) in [5.74, 6) is -3.35. The van der Waals surface area contributed by atoms with Crippen molar-refractivity contribution in [2.24, 2.45) is 5.92 Å². The molecule has 1 heterocycles. The summed E-state index contributed by atoms with van der Waals surface area (Å²) in [4.78, 5) is 26.5. The first kappa shape index (κ1) is 23.4. The number of carbonyl (C=O) groups is 2. The standard InChI is InChI=1S/C24H28F2N4O2/c1-14(2)24(4)12-20(31)30(23(27)29-24)13-18-10-17(11-19(25)21(18)26)22(32)28-15(3)16-8-6-5-7-9-16/h5-11,14-15H,12-13H2,1-4H3,(H2,27,29)(H,28,32)/t15-,24-/m0/s1. The van der Waals surface area contributed by atoms with Gasteiger partial charge in [-0.3, -0.25) is 19.9 Å². The Labute approximate surface area is 186 Å². The first-order valence-corrected chi connectivity index (χ1v) is 10.5. The van der Waals surface area contributed by atoms with Crippen LogP contribution in [-0.2, 0) is 11.3 Å². The van der Waals surface area contributed by atoms with E-state index >= 15 is 0 Å². The van der Waals surface area contributed by atoms with Crippen LogP contribution in [0, 0.1) is 23.0 Å². The van der Waals surface area contributed by atoms with Crippen LogP contribution in [0.3, 0.4) is 0 Å². The Morgan fingerprint density at radius 3 is 2.47 bits per heavy atom. The fourth-order valence-electron chi connectivity index (χ4n) is 3.60. The van der Waals surface area contributed by atoms with Gasteiger partial charge in [0.15, 0.2) is 17.6 Å². The van der Waals surface area contributed by atoms with E-state index in [0.29, 0.717) is 0 Å². The molecular formula is C24H28F2N4O2. The molecule has 2 aromatic carbocycles. The molecule has 32 heavy (non-hydrogen) atoms. The molecule has 2 aromatic rings. The molecule has 3 N–H and O–H groups in total. The van der Waals surface area contributed by atoms with Gasteiger partial charge in [-0.2, -0.15) is 0 Å². The zero-order chi connectivity index (χ0) is 23.6. The number of benzene rings is 2. The lowest BCUT2D eigenvalue weighted by Gasteiger charge is -2.43. The summed E-state index contributed by atoms with van der Waals surface area (Å²) >= 11 is 0. The van der Waals surface area contributed by atoms with Gasteiger partial charge in [0.2, 0.25) is 5.91 Å². The molecule has 1 aliphatic rings. The number of amides is 2. The lowest BCUT2D eigenvalue weighted by Crippen LogP contribution is -2.62. The zero-order valence-corrected chi connectivity index (χ0v) is 18.6. The number of nitrogens with zero attached hydrogens (tertiary/aromatic N) is 1. The first-order chi connectivity index (χ1) is 15.0. The van der Waals surface area contributed by atoms with Crippen LogP contribution in [0.1, 0.15) is 61.6 Å². The molecule has 0 aliphatic carbocycles. The third-order valence-corrected chi connectivity index (χ3v) is 6.11. The molecule has 8 heteroatoms. The maximum absolute atomic E-state index is 14.5. The highest BCUT2D eigenvalue weighted by atomic mass is 19.2. The van der Waals surface area contributed by atoms with Crippen LogP contribution in [-0.4, -0.2) is 28.2 Å². The average Bonchev–Trinajstić information content (AvgIpc) is 2.73. The SMILES string of the molecule is CC(C)[C@]1(C)CC(=O)N(Cc2cc(C(=O)N[C@@H](C)c3ccccc3)cc(F)c2F)C(=N)N1. The molecular weight excluding hydrogens is 414 g/mol. The van der Waals surface area contributed by atoms with Crippen LogP contribution in [0.4, 0.5) is 8.78 Å². The minimum atomic E-state index is -1.18. The number of carbonyl (C=O) groups excluding carboxylic acids is 2. The third kappa shape index (κ3) is 4.79. The molecule has 1 saturated heterocycles. The van der Waals surface area contributed by atoms with E-state index in [-0.39, 0.29) is 47.9 Å². The summed E-state index contributed by atoms with van der Waals surface area (Å²) < 4.78 is 28.8. The van der Waals surface area contributed by atoms with Crippen LogP contribution in [0.5, 0.6) is 0 Å². The normalized spacial score (nSPS) is 19.7. The predicted octanol–water partition coefficient (Wildman–Crippen LogP) is 4.13. The fourth-order valence-corrected chi connectivity index (χ4v) is 3.60. The van der Waals surface area contributed by atoms with Gasteiger partial charge < -0.3 is 10.6 Å². The van der Waals surface area contributed by atoms with Crippen molar-refractivity contribution in [2.75, 3.05) is 0 Å². The Hall–Kier alpha value is -3.29. The molecule has 1 fully saturated rings. The van der Waals surface area contributed by atoms with Gasteiger partial charge in [0, 0.05) is 16.7 Å². The van der Waals surface area contributed by atoms with E-state index in [2.05, 4.69) is 10.6 Å². The van der Waals surface area contributed by atoms with Crippen molar-refractivity contribution in [3.8, 4) is 0 Å². The number of nitrogens with one attached hydrogen (secondary N) is 3. The molecule has 0 spiro atoms. The second-order valence-electron chi connectivity index (χ2n) is 8.74. The first-order valence-electron chi connectivity index (χ1n) is 10.5. The fraction of sp³-hybridized carbons (Fsp3) is 0.375. The lowest BCUT2D eigenvalue weighted by molar-refractivity contribution is -0.131. The molecule has 2 amide bonds. The monoisotopic (exact) mass is 442 g/mol. The summed E-state index contributed by atoms with van der Waals surface area (Å²) in [6, 6.07) is 11.0. The van der Waals surface area contributed by atoms with Gasteiger partial charge in [-0.05, 0) is 37.5 Å². The quantitative estimate of drug-likeness (QED) is 0.629. The highest BCUT2D eigenvalue weighted by molar-refractivity contribution is 5.99. The maximum Gasteiger partial charge on any atom is 0.251 e. The minimum Gasteiger partial charge on any atom is -0.350 e. The van der Waals surface area contributed by atoms with Crippen molar-refractivity contribution in [2.45, 2.75) is 52.2 Å². The average molecular weight is 443 g/mol. The number of hydrogen-bond donors (Lipinski definition) is 3. The van der Waals surface area contributed by atoms with Crippen molar-refractivity contribution >= 4 is 17.8 Å². The molecule has 1 aliphatic heterocycles. The van der Waals surface area contributed by atoms with Gasteiger partial charge in [0.25, 0.3) is 5.91 Å². The Morgan fingerprint density at radius 2 is 1.88 bits per heavy atom. The van der Waals surface area contributed by atoms with Crippen molar-refractivity contribution in [3.05, 3.63) is 70.8 Å². The van der Waals surface area contributed by atoms with E-state index in [9.17, 15) is 18.4 Å². The molecule has 3 rings (SSSR count). The minimum absolute atomic E-state index is 0.0577. The van der Waals surface area contributed by atoms with E-state index in [1.54, 1.807) is 6.92 Å². The van der Waals surface area contributed by atoms with Crippen molar-refractivity contribution in [1.29, 1.82) is 5.41 Å². The van der Waals surface area contributed by atoms with Gasteiger partial charge in [-0.15, -0.1) is 0 Å². The number of halogens is 2. The van der Waals surface area contributed by atoms with Crippen molar-refractivity contribution in [3.63, 3.8) is 0 Å². The smallest absolute Gasteiger partial charge is 0.251 e. The third-order valence-electron chi connectivity index (χ3n) is 6.11. The van der Waals surface area contributed by atoms with E-state index < -0.39 is 23.1 Å². The Bertz CT molecular complexity index is 1020. The van der Waals surface area contributed by atoms with Crippen LogP contribution in [0.25, 0.3) is 0 Å². The number of hydrogen-bond acceptors (Lipinski definition) is 3. The summed E-state index contributed by atoms with van der Waals surface area (Å²) in [7, 11) is 0. The van der Waals surface area contributed by atoms with Gasteiger partial charge >= 0.3 is 0 Å². The second-order valence-corrected chi connectivity index (χ2v) is 8.74. The molecule has 0 radical (unpaired) electrons. The predicted molar refractivity (Wildman–Crippen MR) is 118 cm³/mol. The zero-order valence-electron chi connectivity index (χ0n) is 18.6. The van der Waals surface area contributed by atoms with Gasteiger partial charge in [0.1, 0.15) is 0 Å². The summed E-state index contributed by atoms with van der Waals surface area (Å²) in [5.41, 5.74) is 0.0487. The van der Waals surface area contributed by atoms with E-state index in [1.165, 1.54) is 6.07 Å². The van der Waals surface area contributed by atoms with Crippen LogP contribution in [0.2, 0.25) is 0 Å². The maximum atomic E-state index is 14.5. The van der Waals surface area contributed by atoms with E-state index in [0.717, 1.165) is 16.5 Å². The van der Waals surface area contributed by atoms with E-state index in [4.69, 9.17) is 5.41 Å². The summed E-state index contributed by atoms with van der Waals surface area (Å²) in [6.07, 6.45) is 0.117. The van der Waals surface area contributed by atoms with Gasteiger partial charge in [-0.1, -0.05) is 44.2 Å². The van der Waals surface area contributed by atoms with Gasteiger partial charge in [-0.25, -0.2) is 8.78 Å². The van der Waals surface area contributed by atoms with Crippen molar-refractivity contribution < 1.29 is 18.4 Å². The molecule has 0 saturated carbocycles.